The second-order valence-corrected chi connectivity index (χ2v) is 14.8. The number of aliphatic hydroxyl groups excluding tert-OH is 4. The summed E-state index contributed by atoms with van der Waals surface area (Å²) < 4.78 is 23.5. The predicted octanol–water partition coefficient (Wildman–Crippen LogP) is 9.17. The van der Waals surface area contributed by atoms with Crippen LogP contribution in [0.15, 0.2) is 0 Å². The van der Waals surface area contributed by atoms with Crippen LogP contribution in [0.1, 0.15) is 194 Å². The van der Waals surface area contributed by atoms with E-state index in [0.29, 0.717) is 19.8 Å². The molecule has 49 heavy (non-hydrogen) atoms. The first-order valence-electron chi connectivity index (χ1n) is 21.2. The third kappa shape index (κ3) is 26.2. The number of ether oxygens (including phenoxy) is 4. The zero-order chi connectivity index (χ0) is 35.6. The van der Waals surface area contributed by atoms with E-state index in [1.807, 2.05) is 0 Å². The fourth-order valence-corrected chi connectivity index (χ4v) is 6.74. The van der Waals surface area contributed by atoms with Gasteiger partial charge in [-0.1, -0.05) is 181 Å². The fraction of sp³-hybridized carbons (Fsp3) is 1.00. The molecule has 0 saturated carbocycles. The van der Waals surface area contributed by atoms with E-state index in [2.05, 4.69) is 13.8 Å². The number of hydrogen-bond donors (Lipinski definition) is 4. The number of rotatable bonds is 38. The van der Waals surface area contributed by atoms with Crippen molar-refractivity contribution in [3.8, 4) is 0 Å². The van der Waals surface area contributed by atoms with Gasteiger partial charge in [0.1, 0.15) is 30.5 Å². The Morgan fingerprint density at radius 3 is 1.31 bits per heavy atom. The van der Waals surface area contributed by atoms with Crippen LogP contribution in [0.25, 0.3) is 0 Å². The molecule has 0 unspecified atom stereocenters. The van der Waals surface area contributed by atoms with E-state index in [4.69, 9.17) is 18.9 Å². The highest BCUT2D eigenvalue weighted by molar-refractivity contribution is 4.90. The van der Waals surface area contributed by atoms with Crippen molar-refractivity contribution in [3.05, 3.63) is 0 Å². The Hall–Kier alpha value is -0.320. The standard InChI is InChI=1S/C41H82O8/c1-3-5-7-9-11-13-15-17-19-21-23-25-27-29-31-46-34-36(35-48-41-39(45)38(44)40(49-41)37(43)33-42)47-32-30-28-26-24-22-20-18-16-14-12-10-8-6-4-2/h36-45H,3-35H2,1-2H3/t36-,37-,38-,39-,40+,41-/m1/s1. The zero-order valence-electron chi connectivity index (χ0n) is 32.2. The fourth-order valence-electron chi connectivity index (χ4n) is 6.74. The topological polar surface area (TPSA) is 118 Å². The van der Waals surface area contributed by atoms with Crippen LogP contribution in [0.2, 0.25) is 0 Å². The molecule has 0 aromatic rings. The Balaban J connectivity index is 2.19. The Bertz CT molecular complexity index is 667. The summed E-state index contributed by atoms with van der Waals surface area (Å²) in [6.07, 6.45) is 30.5. The average Bonchev–Trinajstić information content (AvgIpc) is 3.40. The van der Waals surface area contributed by atoms with E-state index in [1.54, 1.807) is 0 Å². The van der Waals surface area contributed by atoms with Crippen molar-refractivity contribution in [1.82, 2.24) is 0 Å². The van der Waals surface area contributed by atoms with Gasteiger partial charge in [-0.25, -0.2) is 0 Å². The lowest BCUT2D eigenvalue weighted by Crippen LogP contribution is -2.40. The molecule has 294 valence electrons. The molecule has 1 heterocycles. The molecule has 0 amide bonds. The summed E-state index contributed by atoms with van der Waals surface area (Å²) in [6.45, 7) is 5.82. The van der Waals surface area contributed by atoms with Crippen LogP contribution in [-0.2, 0) is 18.9 Å². The first-order valence-corrected chi connectivity index (χ1v) is 21.2. The minimum atomic E-state index is -1.33. The minimum absolute atomic E-state index is 0.147. The molecule has 8 nitrogen and oxygen atoms in total. The van der Waals surface area contributed by atoms with Crippen molar-refractivity contribution in [3.63, 3.8) is 0 Å². The molecule has 0 radical (unpaired) electrons. The smallest absolute Gasteiger partial charge is 0.186 e. The van der Waals surface area contributed by atoms with Crippen molar-refractivity contribution >= 4 is 0 Å². The van der Waals surface area contributed by atoms with Crippen molar-refractivity contribution in [2.75, 3.05) is 33.0 Å². The van der Waals surface area contributed by atoms with Crippen LogP contribution in [0.4, 0.5) is 0 Å². The monoisotopic (exact) mass is 703 g/mol. The molecule has 1 aliphatic heterocycles. The molecule has 0 bridgehead atoms. The van der Waals surface area contributed by atoms with Gasteiger partial charge in [-0.05, 0) is 12.8 Å². The number of aliphatic hydroxyl groups is 4. The Kier molecular flexibility index (Phi) is 33.1. The molecule has 8 heteroatoms. The number of unbranched alkanes of at least 4 members (excludes halogenated alkanes) is 26. The normalized spacial score (nSPS) is 20.7. The van der Waals surface area contributed by atoms with Crippen molar-refractivity contribution in [1.29, 1.82) is 0 Å². The lowest BCUT2D eigenvalue weighted by molar-refractivity contribution is -0.198. The average molecular weight is 703 g/mol. The molecule has 4 N–H and O–H groups in total. The maximum atomic E-state index is 10.4. The SMILES string of the molecule is CCCCCCCCCCCCCCCCOC[C@H](CO[C@@H]1O[C@@H]([C@H](O)CO)[C@H](O)[C@H]1O)OCCCCCCCCCCCCCCCC. The van der Waals surface area contributed by atoms with Gasteiger partial charge >= 0.3 is 0 Å². The third-order valence-corrected chi connectivity index (χ3v) is 10.1. The first kappa shape index (κ1) is 46.7. The van der Waals surface area contributed by atoms with Crippen molar-refractivity contribution < 1.29 is 39.4 Å². The minimum Gasteiger partial charge on any atom is -0.394 e. The highest BCUT2D eigenvalue weighted by Crippen LogP contribution is 2.25. The van der Waals surface area contributed by atoms with Crippen LogP contribution in [-0.4, -0.2) is 90.3 Å². The molecule has 1 saturated heterocycles. The van der Waals surface area contributed by atoms with Crippen LogP contribution in [0.3, 0.4) is 0 Å². The molecule has 6 atom stereocenters. The summed E-state index contributed by atoms with van der Waals surface area (Å²) in [5.41, 5.74) is 0. The second kappa shape index (κ2) is 34.7. The summed E-state index contributed by atoms with van der Waals surface area (Å²) in [7, 11) is 0. The molecule has 1 aliphatic rings. The van der Waals surface area contributed by atoms with Crippen molar-refractivity contribution in [2.45, 2.75) is 230 Å². The lowest BCUT2D eigenvalue weighted by atomic mass is 10.0. The largest absolute Gasteiger partial charge is 0.394 e. The summed E-state index contributed by atoms with van der Waals surface area (Å²) >= 11 is 0. The summed E-state index contributed by atoms with van der Waals surface area (Å²) in [5.74, 6) is 0. The van der Waals surface area contributed by atoms with Crippen LogP contribution in [0, 0.1) is 0 Å². The van der Waals surface area contributed by atoms with Gasteiger partial charge in [0.15, 0.2) is 6.29 Å². The van der Waals surface area contributed by atoms with Crippen LogP contribution in [0.5, 0.6) is 0 Å². The Morgan fingerprint density at radius 2 is 0.898 bits per heavy atom. The Labute approximate surface area is 302 Å². The zero-order valence-corrected chi connectivity index (χ0v) is 32.2. The molecular weight excluding hydrogens is 620 g/mol. The quantitative estimate of drug-likeness (QED) is 0.0471. The van der Waals surface area contributed by atoms with Gasteiger partial charge in [0, 0.05) is 13.2 Å². The van der Waals surface area contributed by atoms with E-state index in [0.717, 1.165) is 19.3 Å². The first-order chi connectivity index (χ1) is 24.0. The van der Waals surface area contributed by atoms with Crippen LogP contribution >= 0.6 is 0 Å². The van der Waals surface area contributed by atoms with E-state index < -0.39 is 37.3 Å². The summed E-state index contributed by atoms with van der Waals surface area (Å²) in [4.78, 5) is 0. The maximum absolute atomic E-state index is 10.4. The molecular formula is C41H82O8. The van der Waals surface area contributed by atoms with Gasteiger partial charge in [0.05, 0.1) is 19.8 Å². The van der Waals surface area contributed by atoms with Crippen molar-refractivity contribution in [2.24, 2.45) is 0 Å². The van der Waals surface area contributed by atoms with Gasteiger partial charge in [-0.15, -0.1) is 0 Å². The van der Waals surface area contributed by atoms with Gasteiger partial charge in [0.25, 0.3) is 0 Å². The predicted molar refractivity (Wildman–Crippen MR) is 201 cm³/mol. The van der Waals surface area contributed by atoms with Gasteiger partial charge in [-0.2, -0.15) is 0 Å². The molecule has 0 aliphatic carbocycles. The molecule has 1 fully saturated rings. The summed E-state index contributed by atoms with van der Waals surface area (Å²) in [5, 5.41) is 39.7. The van der Waals surface area contributed by atoms with Gasteiger partial charge in [0.2, 0.25) is 0 Å². The van der Waals surface area contributed by atoms with E-state index >= 15 is 0 Å². The highest BCUT2D eigenvalue weighted by atomic mass is 16.7. The molecule has 0 aromatic heterocycles. The van der Waals surface area contributed by atoms with E-state index in [1.165, 1.54) is 161 Å². The lowest BCUT2D eigenvalue weighted by Gasteiger charge is -2.22. The second-order valence-electron chi connectivity index (χ2n) is 14.8. The molecule has 1 rings (SSSR count). The third-order valence-electron chi connectivity index (χ3n) is 10.1. The molecule has 0 spiro atoms. The van der Waals surface area contributed by atoms with E-state index in [9.17, 15) is 20.4 Å². The maximum Gasteiger partial charge on any atom is 0.186 e. The number of hydrogen-bond acceptors (Lipinski definition) is 8. The van der Waals surface area contributed by atoms with Crippen LogP contribution < -0.4 is 0 Å². The van der Waals surface area contributed by atoms with Gasteiger partial charge < -0.3 is 39.4 Å². The highest BCUT2D eigenvalue weighted by Gasteiger charge is 2.46. The summed E-state index contributed by atoms with van der Waals surface area (Å²) in [6, 6.07) is 0. The van der Waals surface area contributed by atoms with E-state index in [-0.39, 0.29) is 12.7 Å². The molecule has 0 aromatic carbocycles. The Morgan fingerprint density at radius 1 is 0.510 bits per heavy atom. The van der Waals surface area contributed by atoms with Gasteiger partial charge in [-0.3, -0.25) is 0 Å².